The monoisotopic (exact) mass is 386 g/mol. The molecule has 0 saturated carbocycles. The summed E-state index contributed by atoms with van der Waals surface area (Å²) in [6.07, 6.45) is 0.192. The zero-order valence-corrected chi connectivity index (χ0v) is 15.0. The minimum absolute atomic E-state index is 0.0498. The van der Waals surface area contributed by atoms with Crippen LogP contribution in [0, 0.1) is 0 Å². The van der Waals surface area contributed by atoms with Crippen molar-refractivity contribution in [3.05, 3.63) is 47.5 Å². The van der Waals surface area contributed by atoms with Gasteiger partial charge in [-0.2, -0.15) is 0 Å². The third-order valence-corrected chi connectivity index (χ3v) is 6.03. The Hall–Kier alpha value is -2.39. The van der Waals surface area contributed by atoms with E-state index in [0.717, 1.165) is 0 Å². The Morgan fingerprint density at radius 2 is 1.71 bits per heavy atom. The molecule has 1 aromatic carbocycles. The van der Waals surface area contributed by atoms with Crippen molar-refractivity contribution in [2.45, 2.75) is 55.1 Å². The molecule has 146 valence electrons. The van der Waals surface area contributed by atoms with Crippen LogP contribution < -0.4 is 0 Å². The minimum atomic E-state index is -2.83. The van der Waals surface area contributed by atoms with Gasteiger partial charge in [0, 0.05) is 11.1 Å². The molecule has 0 unspecified atom stereocenters. The van der Waals surface area contributed by atoms with Crippen LogP contribution in [-0.2, 0) is 19.0 Å². The number of carbonyl (C=O) groups excluding carboxylic acids is 3. The molecule has 6 atom stereocenters. The zero-order chi connectivity index (χ0) is 19.9. The van der Waals surface area contributed by atoms with E-state index in [1.807, 2.05) is 0 Å². The lowest BCUT2D eigenvalue weighted by Gasteiger charge is -2.59. The van der Waals surface area contributed by atoms with E-state index in [9.17, 15) is 24.6 Å². The first-order valence-corrected chi connectivity index (χ1v) is 9.11. The molecule has 8 nitrogen and oxygen atoms in total. The number of Topliss-reactive ketones (excluding diaryl/α,β-unsaturated/α-hetero) is 2. The number of fused-ring (bicyclic) bond motifs is 5. The van der Waals surface area contributed by atoms with Crippen LogP contribution in [0.15, 0.2) is 36.4 Å². The van der Waals surface area contributed by atoms with Gasteiger partial charge < -0.3 is 24.4 Å². The molecule has 28 heavy (non-hydrogen) atoms. The van der Waals surface area contributed by atoms with Crippen molar-refractivity contribution in [2.24, 2.45) is 0 Å². The van der Waals surface area contributed by atoms with Crippen molar-refractivity contribution >= 4 is 17.5 Å². The quantitative estimate of drug-likeness (QED) is 0.483. The second-order valence-corrected chi connectivity index (χ2v) is 7.69. The molecule has 5 rings (SSSR count). The van der Waals surface area contributed by atoms with Crippen molar-refractivity contribution < 1.29 is 38.8 Å². The summed E-state index contributed by atoms with van der Waals surface area (Å²) in [6.45, 7) is 1.71. The van der Waals surface area contributed by atoms with Crippen molar-refractivity contribution in [3.8, 4) is 0 Å². The van der Waals surface area contributed by atoms with Gasteiger partial charge in [-0.05, 0) is 19.4 Å². The fourth-order valence-electron chi connectivity index (χ4n) is 4.75. The van der Waals surface area contributed by atoms with Gasteiger partial charge in [0.05, 0.1) is 12.5 Å². The third kappa shape index (κ3) is 1.81. The topological polar surface area (TPSA) is 119 Å². The standard InChI is InChI=1S/C20H18O8/c1-10-5-4-8-18(27-10)20(25)16(23)12-7-3-2-6-11(12)15(22)19(20,24)17-13(28-18)9-14(21)26-17/h2-4,6-8,10,13,17,24-25H,5,9H2,1H3/t10-,13-,17+,18+,19-,20+/m1/s1. The summed E-state index contributed by atoms with van der Waals surface area (Å²) in [4.78, 5) is 38.8. The molecule has 2 N–H and O–H groups in total. The highest BCUT2D eigenvalue weighted by Crippen LogP contribution is 2.55. The highest BCUT2D eigenvalue weighted by molar-refractivity contribution is 6.23. The third-order valence-electron chi connectivity index (χ3n) is 6.03. The van der Waals surface area contributed by atoms with Gasteiger partial charge in [-0.25, -0.2) is 0 Å². The van der Waals surface area contributed by atoms with Gasteiger partial charge >= 0.3 is 5.97 Å². The molecule has 2 saturated heterocycles. The second kappa shape index (κ2) is 5.36. The van der Waals surface area contributed by atoms with Gasteiger partial charge in [0.2, 0.25) is 28.6 Å². The average molecular weight is 386 g/mol. The van der Waals surface area contributed by atoms with E-state index in [2.05, 4.69) is 0 Å². The fourth-order valence-corrected chi connectivity index (χ4v) is 4.75. The average Bonchev–Trinajstić information content (AvgIpc) is 3.04. The molecule has 3 aliphatic heterocycles. The van der Waals surface area contributed by atoms with Crippen molar-refractivity contribution in [3.63, 3.8) is 0 Å². The van der Waals surface area contributed by atoms with Crippen LogP contribution in [0.4, 0.5) is 0 Å². The smallest absolute Gasteiger partial charge is 0.309 e. The number of hydrogen-bond donors (Lipinski definition) is 2. The Balaban J connectivity index is 1.83. The molecule has 2 fully saturated rings. The number of carbonyl (C=O) groups is 3. The molecule has 8 heteroatoms. The van der Waals surface area contributed by atoms with Gasteiger partial charge in [0.25, 0.3) is 0 Å². The molecule has 0 radical (unpaired) electrons. The van der Waals surface area contributed by atoms with Gasteiger partial charge in [0.15, 0.2) is 6.10 Å². The fraction of sp³-hybridized carbons (Fsp3) is 0.450. The zero-order valence-electron chi connectivity index (χ0n) is 15.0. The second-order valence-electron chi connectivity index (χ2n) is 7.69. The summed E-state index contributed by atoms with van der Waals surface area (Å²) in [5, 5.41) is 23.4. The number of esters is 1. The predicted octanol–water partition coefficient (Wildman–Crippen LogP) is 0.303. The van der Waals surface area contributed by atoms with Crippen LogP contribution in [0.5, 0.6) is 0 Å². The van der Waals surface area contributed by atoms with Crippen LogP contribution in [0.3, 0.4) is 0 Å². The van der Waals surface area contributed by atoms with Gasteiger partial charge in [-0.15, -0.1) is 0 Å². The molecule has 1 aromatic rings. The SMILES string of the molecule is C[C@@H]1CC=C[C@]2(O1)O[C@@H]1CC(=O)O[C@@H]1[C@]1(O)C(=O)c3ccccc3C(=O)[C@]21O. The van der Waals surface area contributed by atoms with Gasteiger partial charge in [-0.1, -0.05) is 30.3 Å². The van der Waals surface area contributed by atoms with E-state index in [0.29, 0.717) is 6.42 Å². The van der Waals surface area contributed by atoms with E-state index >= 15 is 0 Å². The number of ketones is 2. The molecule has 1 aliphatic carbocycles. The van der Waals surface area contributed by atoms with Crippen LogP contribution >= 0.6 is 0 Å². The number of aliphatic hydroxyl groups is 2. The van der Waals surface area contributed by atoms with E-state index < -0.39 is 52.8 Å². The van der Waals surface area contributed by atoms with E-state index in [1.165, 1.54) is 18.2 Å². The summed E-state index contributed by atoms with van der Waals surface area (Å²) in [7, 11) is 0. The Labute approximate surface area is 159 Å². The predicted molar refractivity (Wildman–Crippen MR) is 91.4 cm³/mol. The van der Waals surface area contributed by atoms with Crippen LogP contribution in [0.25, 0.3) is 0 Å². The summed E-state index contributed by atoms with van der Waals surface area (Å²) in [6, 6.07) is 5.88. The molecule has 3 heterocycles. The van der Waals surface area contributed by atoms with Gasteiger partial charge in [-0.3, -0.25) is 14.4 Å². The normalized spacial score (nSPS) is 44.1. The molecular weight excluding hydrogens is 368 g/mol. The number of ether oxygens (including phenoxy) is 3. The number of rotatable bonds is 0. The first-order chi connectivity index (χ1) is 13.2. The maximum absolute atomic E-state index is 13.5. The maximum atomic E-state index is 13.5. The van der Waals surface area contributed by atoms with Crippen molar-refractivity contribution in [1.82, 2.24) is 0 Å². The van der Waals surface area contributed by atoms with E-state index in [-0.39, 0.29) is 17.5 Å². The highest BCUT2D eigenvalue weighted by Gasteiger charge is 2.82. The van der Waals surface area contributed by atoms with Crippen molar-refractivity contribution in [1.29, 1.82) is 0 Å². The molecule has 0 amide bonds. The van der Waals surface area contributed by atoms with Crippen LogP contribution in [0.1, 0.15) is 40.5 Å². The summed E-state index contributed by atoms with van der Waals surface area (Å²) >= 11 is 0. The summed E-state index contributed by atoms with van der Waals surface area (Å²) in [5.74, 6) is -4.66. The lowest BCUT2D eigenvalue weighted by molar-refractivity contribution is -0.379. The number of hydrogen-bond acceptors (Lipinski definition) is 8. The number of benzene rings is 1. The molecule has 0 aromatic heterocycles. The van der Waals surface area contributed by atoms with Crippen molar-refractivity contribution in [2.75, 3.05) is 0 Å². The molecule has 0 bridgehead atoms. The highest BCUT2D eigenvalue weighted by atomic mass is 16.7. The largest absolute Gasteiger partial charge is 0.456 e. The Bertz CT molecular complexity index is 953. The Kier molecular flexibility index (Phi) is 3.38. The first kappa shape index (κ1) is 17.7. The summed E-state index contributed by atoms with van der Waals surface area (Å²) < 4.78 is 17.0. The maximum Gasteiger partial charge on any atom is 0.309 e. The van der Waals surface area contributed by atoms with Gasteiger partial charge in [0.1, 0.15) is 6.10 Å². The molecule has 4 aliphatic rings. The Morgan fingerprint density at radius 3 is 2.39 bits per heavy atom. The van der Waals surface area contributed by atoms with E-state index in [4.69, 9.17) is 14.2 Å². The first-order valence-electron chi connectivity index (χ1n) is 9.11. The van der Waals surface area contributed by atoms with E-state index in [1.54, 1.807) is 25.1 Å². The minimum Gasteiger partial charge on any atom is -0.456 e. The molecular formula is C20H18O8. The summed E-state index contributed by atoms with van der Waals surface area (Å²) in [5.41, 5.74) is -5.69. The lowest BCUT2D eigenvalue weighted by atomic mass is 9.59. The van der Waals surface area contributed by atoms with Crippen LogP contribution in [-0.4, -0.2) is 63.0 Å². The molecule has 1 spiro atoms. The lowest BCUT2D eigenvalue weighted by Crippen LogP contribution is -2.85. The Morgan fingerprint density at radius 1 is 1.04 bits per heavy atom. The van der Waals surface area contributed by atoms with Crippen LogP contribution in [0.2, 0.25) is 0 Å².